The van der Waals surface area contributed by atoms with Crippen LogP contribution in [0.25, 0.3) is 11.3 Å². The number of carboxylic acids is 2. The molecule has 110 valence electrons. The van der Waals surface area contributed by atoms with Crippen molar-refractivity contribution in [3.8, 4) is 22.8 Å². The second kappa shape index (κ2) is 5.53. The number of aromatic nitrogens is 2. The van der Waals surface area contributed by atoms with Crippen LogP contribution >= 0.6 is 0 Å². The van der Waals surface area contributed by atoms with Crippen LogP contribution in [0.2, 0.25) is 0 Å². The van der Waals surface area contributed by atoms with Gasteiger partial charge in [-0.2, -0.15) is 5.10 Å². The van der Waals surface area contributed by atoms with Crippen LogP contribution < -0.4 is 9.47 Å². The molecule has 0 radical (unpaired) electrons. The van der Waals surface area contributed by atoms with Crippen LogP contribution in [0.4, 0.5) is 0 Å². The number of carbonyl (C=O) groups is 2. The predicted molar refractivity (Wildman–Crippen MR) is 71.0 cm³/mol. The molecular formula is C13H12N2O6. The maximum absolute atomic E-state index is 11.3. The van der Waals surface area contributed by atoms with E-state index in [9.17, 15) is 14.7 Å². The molecule has 0 aliphatic rings. The standard InChI is InChI=1S/C13H12N2O6/c1-20-10-4-6(3-7(12(16)17)11(10)21-2)8-5-9(13(18)19)15-14-8/h3-5H,1-2H3,(H,14,15)(H,16,17)(H,18,19). The van der Waals surface area contributed by atoms with Gasteiger partial charge in [0.15, 0.2) is 11.5 Å². The van der Waals surface area contributed by atoms with E-state index in [1.165, 1.54) is 32.4 Å². The van der Waals surface area contributed by atoms with Crippen molar-refractivity contribution < 1.29 is 29.3 Å². The van der Waals surface area contributed by atoms with Crippen molar-refractivity contribution in [2.24, 2.45) is 0 Å². The largest absolute Gasteiger partial charge is 0.493 e. The maximum atomic E-state index is 11.3. The summed E-state index contributed by atoms with van der Waals surface area (Å²) in [4.78, 5) is 22.1. The average Bonchev–Trinajstić information content (AvgIpc) is 2.95. The van der Waals surface area contributed by atoms with Crippen LogP contribution in [-0.2, 0) is 0 Å². The first kappa shape index (κ1) is 14.4. The quantitative estimate of drug-likeness (QED) is 0.763. The first-order valence-electron chi connectivity index (χ1n) is 5.76. The third-order valence-corrected chi connectivity index (χ3v) is 2.81. The molecule has 3 N–H and O–H groups in total. The molecule has 0 amide bonds. The lowest BCUT2D eigenvalue weighted by molar-refractivity contribution is 0.0680. The van der Waals surface area contributed by atoms with Crippen LogP contribution in [0.15, 0.2) is 18.2 Å². The highest BCUT2D eigenvalue weighted by atomic mass is 16.5. The normalized spacial score (nSPS) is 10.2. The van der Waals surface area contributed by atoms with Crippen LogP contribution in [0, 0.1) is 0 Å². The Morgan fingerprint density at radius 3 is 2.29 bits per heavy atom. The molecule has 0 unspecified atom stereocenters. The lowest BCUT2D eigenvalue weighted by Crippen LogP contribution is -2.03. The average molecular weight is 292 g/mol. The molecular weight excluding hydrogens is 280 g/mol. The minimum Gasteiger partial charge on any atom is -0.493 e. The fourth-order valence-corrected chi connectivity index (χ4v) is 1.85. The number of hydrogen-bond donors (Lipinski definition) is 3. The molecule has 2 rings (SSSR count). The summed E-state index contributed by atoms with van der Waals surface area (Å²) in [5.41, 5.74) is 0.480. The Hall–Kier alpha value is -3.03. The predicted octanol–water partition coefficient (Wildman–Crippen LogP) is 1.49. The van der Waals surface area contributed by atoms with Crippen LogP contribution in [0.3, 0.4) is 0 Å². The van der Waals surface area contributed by atoms with E-state index >= 15 is 0 Å². The molecule has 0 saturated carbocycles. The number of aromatic carboxylic acids is 2. The summed E-state index contributed by atoms with van der Waals surface area (Å²) in [7, 11) is 2.71. The van der Waals surface area contributed by atoms with Crippen molar-refractivity contribution in [1.82, 2.24) is 10.2 Å². The number of ether oxygens (including phenoxy) is 2. The number of hydrogen-bond acceptors (Lipinski definition) is 5. The Kier molecular flexibility index (Phi) is 3.79. The van der Waals surface area contributed by atoms with E-state index < -0.39 is 11.9 Å². The van der Waals surface area contributed by atoms with Crippen LogP contribution in [-0.4, -0.2) is 46.6 Å². The molecule has 0 fully saturated rings. The third-order valence-electron chi connectivity index (χ3n) is 2.81. The van der Waals surface area contributed by atoms with Gasteiger partial charge in [-0.15, -0.1) is 0 Å². The summed E-state index contributed by atoms with van der Waals surface area (Å²) in [6.07, 6.45) is 0. The Bertz CT molecular complexity index is 707. The van der Waals surface area contributed by atoms with Gasteiger partial charge in [-0.05, 0) is 18.2 Å². The smallest absolute Gasteiger partial charge is 0.353 e. The number of methoxy groups -OCH3 is 2. The van der Waals surface area contributed by atoms with E-state index in [1.807, 2.05) is 0 Å². The van der Waals surface area contributed by atoms with Crippen molar-refractivity contribution in [3.63, 3.8) is 0 Å². The first-order valence-corrected chi connectivity index (χ1v) is 5.76. The van der Waals surface area contributed by atoms with Crippen molar-refractivity contribution in [1.29, 1.82) is 0 Å². The molecule has 2 aromatic rings. The minimum absolute atomic E-state index is 0.0859. The highest BCUT2D eigenvalue weighted by Gasteiger charge is 2.20. The molecule has 8 heteroatoms. The number of carboxylic acid groups (broad SMARTS) is 2. The summed E-state index contributed by atoms with van der Waals surface area (Å²) in [5, 5.41) is 24.3. The molecule has 0 bridgehead atoms. The molecule has 1 heterocycles. The Balaban J connectivity index is 2.60. The van der Waals surface area contributed by atoms with Crippen molar-refractivity contribution in [2.45, 2.75) is 0 Å². The van der Waals surface area contributed by atoms with Crippen molar-refractivity contribution in [2.75, 3.05) is 14.2 Å². The zero-order valence-corrected chi connectivity index (χ0v) is 11.2. The number of H-pyrrole nitrogens is 1. The summed E-state index contributed by atoms with van der Waals surface area (Å²) in [6, 6.07) is 4.16. The Morgan fingerprint density at radius 2 is 1.81 bits per heavy atom. The minimum atomic E-state index is -1.19. The molecule has 0 aliphatic carbocycles. The van der Waals surface area contributed by atoms with E-state index in [-0.39, 0.29) is 28.5 Å². The Morgan fingerprint density at radius 1 is 1.10 bits per heavy atom. The molecule has 0 atom stereocenters. The van der Waals surface area contributed by atoms with Gasteiger partial charge in [0.05, 0.1) is 19.9 Å². The van der Waals surface area contributed by atoms with Gasteiger partial charge < -0.3 is 19.7 Å². The molecule has 8 nitrogen and oxygen atoms in total. The van der Waals surface area contributed by atoms with Gasteiger partial charge in [0.2, 0.25) is 0 Å². The van der Waals surface area contributed by atoms with Crippen LogP contribution in [0.1, 0.15) is 20.8 Å². The molecule has 0 spiro atoms. The second-order valence-electron chi connectivity index (χ2n) is 4.04. The number of nitrogens with zero attached hydrogens (tertiary/aromatic N) is 1. The van der Waals surface area contributed by atoms with E-state index in [1.54, 1.807) is 0 Å². The van der Waals surface area contributed by atoms with Gasteiger partial charge in [0.25, 0.3) is 0 Å². The van der Waals surface area contributed by atoms with E-state index in [2.05, 4.69) is 10.2 Å². The van der Waals surface area contributed by atoms with Gasteiger partial charge in [-0.3, -0.25) is 5.10 Å². The van der Waals surface area contributed by atoms with Gasteiger partial charge in [0.1, 0.15) is 11.3 Å². The van der Waals surface area contributed by atoms with Gasteiger partial charge in [0, 0.05) is 5.56 Å². The van der Waals surface area contributed by atoms with Gasteiger partial charge >= 0.3 is 11.9 Å². The first-order chi connectivity index (χ1) is 9.97. The van der Waals surface area contributed by atoms with E-state index in [0.717, 1.165) is 0 Å². The summed E-state index contributed by atoms with van der Waals surface area (Å²) < 4.78 is 10.1. The zero-order chi connectivity index (χ0) is 15.6. The number of nitrogens with one attached hydrogen (secondary N) is 1. The Labute approximate surface area is 118 Å². The maximum Gasteiger partial charge on any atom is 0.353 e. The van der Waals surface area contributed by atoms with Crippen LogP contribution in [0.5, 0.6) is 11.5 Å². The molecule has 1 aromatic heterocycles. The molecule has 0 aliphatic heterocycles. The summed E-state index contributed by atoms with van der Waals surface area (Å²) >= 11 is 0. The number of rotatable bonds is 5. The van der Waals surface area contributed by atoms with Crippen molar-refractivity contribution in [3.05, 3.63) is 29.5 Å². The van der Waals surface area contributed by atoms with Gasteiger partial charge in [-0.1, -0.05) is 0 Å². The molecule has 21 heavy (non-hydrogen) atoms. The number of benzene rings is 1. The highest BCUT2D eigenvalue weighted by molar-refractivity contribution is 5.94. The van der Waals surface area contributed by atoms with Crippen molar-refractivity contribution >= 4 is 11.9 Å². The topological polar surface area (TPSA) is 122 Å². The highest BCUT2D eigenvalue weighted by Crippen LogP contribution is 2.36. The fraction of sp³-hybridized carbons (Fsp3) is 0.154. The second-order valence-corrected chi connectivity index (χ2v) is 4.04. The lowest BCUT2D eigenvalue weighted by atomic mass is 10.1. The van der Waals surface area contributed by atoms with E-state index in [4.69, 9.17) is 14.6 Å². The molecule has 1 aromatic carbocycles. The SMILES string of the molecule is COc1cc(-c2cc(C(=O)O)[nH]n2)cc(C(=O)O)c1OC. The zero-order valence-electron chi connectivity index (χ0n) is 11.2. The number of aromatic amines is 1. The lowest BCUT2D eigenvalue weighted by Gasteiger charge is -2.12. The van der Waals surface area contributed by atoms with Gasteiger partial charge in [-0.25, -0.2) is 9.59 Å². The summed E-state index contributed by atoms with van der Waals surface area (Å²) in [5.74, 6) is -2.05. The monoisotopic (exact) mass is 292 g/mol. The van der Waals surface area contributed by atoms with E-state index in [0.29, 0.717) is 5.56 Å². The molecule has 0 saturated heterocycles. The summed E-state index contributed by atoms with van der Waals surface area (Å²) in [6.45, 7) is 0. The fourth-order valence-electron chi connectivity index (χ4n) is 1.85. The third kappa shape index (κ3) is 2.64.